The van der Waals surface area contributed by atoms with Crippen molar-refractivity contribution in [1.82, 2.24) is 0 Å². The van der Waals surface area contributed by atoms with Crippen LogP contribution in [0, 0.1) is 0 Å². The Bertz CT molecular complexity index is 108. The van der Waals surface area contributed by atoms with Crippen LogP contribution in [0.5, 0.6) is 0 Å². The number of carboxylic acids is 1. The van der Waals surface area contributed by atoms with Crippen LogP contribution >= 0.6 is 0 Å². The zero-order valence-electron chi connectivity index (χ0n) is 5.42. The molecule has 1 unspecified atom stereocenters. The van der Waals surface area contributed by atoms with Gasteiger partial charge in [0.1, 0.15) is 0 Å². The molecular weight excluding hydrogens is 124 g/mol. The molecule has 0 fully saturated rings. The van der Waals surface area contributed by atoms with Crippen LogP contribution in [0.3, 0.4) is 0 Å². The van der Waals surface area contributed by atoms with Crippen molar-refractivity contribution in [3.05, 3.63) is 0 Å². The van der Waals surface area contributed by atoms with Gasteiger partial charge in [0.15, 0.2) is 0 Å². The third-order valence-corrected chi connectivity index (χ3v) is 0.822. The second-order valence-corrected chi connectivity index (χ2v) is 1.72. The van der Waals surface area contributed by atoms with Gasteiger partial charge in [-0.05, 0) is 6.92 Å². The highest BCUT2D eigenvalue weighted by atomic mass is 16.6. The minimum absolute atomic E-state index is 0.180. The lowest BCUT2D eigenvalue weighted by Crippen LogP contribution is -2.37. The van der Waals surface area contributed by atoms with Crippen LogP contribution in [-0.4, -0.2) is 28.6 Å². The van der Waals surface area contributed by atoms with Crippen LogP contribution in [0.2, 0.25) is 0 Å². The number of ether oxygens (including phenoxy) is 1. The Morgan fingerprint density at radius 3 is 2.33 bits per heavy atom. The largest absolute Gasteiger partial charge is 0.477 e. The summed E-state index contributed by atoms with van der Waals surface area (Å²) >= 11 is 0. The van der Waals surface area contributed by atoms with Gasteiger partial charge < -0.3 is 14.9 Å². The minimum Gasteiger partial charge on any atom is -0.477 e. The molecule has 0 saturated carbocycles. The summed E-state index contributed by atoms with van der Waals surface area (Å²) in [7, 11) is 0. The van der Waals surface area contributed by atoms with E-state index in [4.69, 9.17) is 10.2 Å². The third-order valence-electron chi connectivity index (χ3n) is 0.822. The van der Waals surface area contributed by atoms with E-state index in [0.29, 0.717) is 0 Å². The van der Waals surface area contributed by atoms with Gasteiger partial charge in [-0.25, -0.2) is 4.79 Å². The summed E-state index contributed by atoms with van der Waals surface area (Å²) < 4.78 is 4.45. The van der Waals surface area contributed by atoms with Crippen LogP contribution in [0.15, 0.2) is 0 Å². The average molecular weight is 134 g/mol. The molecule has 4 heteroatoms. The second-order valence-electron chi connectivity index (χ2n) is 1.72. The van der Waals surface area contributed by atoms with E-state index < -0.39 is 11.8 Å². The molecule has 0 spiro atoms. The highest BCUT2D eigenvalue weighted by molar-refractivity contribution is 5.74. The topological polar surface area (TPSA) is 66.8 Å². The molecule has 54 valence electrons. The summed E-state index contributed by atoms with van der Waals surface area (Å²) in [6.07, 6.45) is 0. The van der Waals surface area contributed by atoms with Gasteiger partial charge in [-0.3, -0.25) is 0 Å². The molecule has 9 heavy (non-hydrogen) atoms. The van der Waals surface area contributed by atoms with Crippen molar-refractivity contribution in [2.75, 3.05) is 6.61 Å². The number of aliphatic carboxylic acids is 1. The molecule has 4 nitrogen and oxygen atoms in total. The van der Waals surface area contributed by atoms with Crippen molar-refractivity contribution < 1.29 is 19.7 Å². The zero-order valence-corrected chi connectivity index (χ0v) is 5.42. The summed E-state index contributed by atoms with van der Waals surface area (Å²) in [5.41, 5.74) is 0. The van der Waals surface area contributed by atoms with Crippen LogP contribution in [-0.2, 0) is 9.53 Å². The quantitative estimate of drug-likeness (QED) is 0.525. The Balaban J connectivity index is 3.85. The summed E-state index contributed by atoms with van der Waals surface area (Å²) in [5, 5.41) is 17.0. The molecule has 2 N–H and O–H groups in total. The fourth-order valence-electron chi connectivity index (χ4n) is 0.343. The second kappa shape index (κ2) is 2.80. The van der Waals surface area contributed by atoms with Gasteiger partial charge in [0.2, 0.25) is 0 Å². The maximum atomic E-state index is 10.0. The van der Waals surface area contributed by atoms with Gasteiger partial charge in [0.25, 0.3) is 5.79 Å². The van der Waals surface area contributed by atoms with Gasteiger partial charge in [-0.15, -0.1) is 0 Å². The van der Waals surface area contributed by atoms with Gasteiger partial charge in [0.05, 0.1) is 0 Å². The van der Waals surface area contributed by atoms with Gasteiger partial charge in [-0.2, -0.15) is 0 Å². The van der Waals surface area contributed by atoms with Crippen molar-refractivity contribution in [3.63, 3.8) is 0 Å². The summed E-state index contributed by atoms with van der Waals surface area (Å²) in [4.78, 5) is 10.0. The monoisotopic (exact) mass is 134 g/mol. The number of carboxylic acid groups (broad SMARTS) is 1. The van der Waals surface area contributed by atoms with Crippen LogP contribution in [0.4, 0.5) is 0 Å². The number of aliphatic hydroxyl groups is 1. The molecular formula is C5H10O4. The van der Waals surface area contributed by atoms with Crippen LogP contribution in [0.1, 0.15) is 13.8 Å². The SMILES string of the molecule is CCOC(C)(O)C(=O)O. The lowest BCUT2D eigenvalue weighted by Gasteiger charge is -2.16. The number of hydrogen-bond donors (Lipinski definition) is 2. The Labute approximate surface area is 53.1 Å². The van der Waals surface area contributed by atoms with Crippen molar-refractivity contribution in [2.45, 2.75) is 19.6 Å². The molecule has 0 amide bonds. The fraction of sp³-hybridized carbons (Fsp3) is 0.800. The standard InChI is InChI=1S/C5H10O4/c1-3-9-5(2,8)4(6)7/h8H,3H2,1-2H3,(H,6,7). The number of rotatable bonds is 3. The zero-order chi connectivity index (χ0) is 7.49. The Morgan fingerprint density at radius 2 is 2.22 bits per heavy atom. The molecule has 0 bridgehead atoms. The summed E-state index contributed by atoms with van der Waals surface area (Å²) in [6, 6.07) is 0. The Morgan fingerprint density at radius 1 is 1.78 bits per heavy atom. The normalized spacial score (nSPS) is 16.8. The summed E-state index contributed by atoms with van der Waals surface area (Å²) in [6.45, 7) is 2.87. The third kappa shape index (κ3) is 2.43. The van der Waals surface area contributed by atoms with E-state index >= 15 is 0 Å². The predicted molar refractivity (Wildman–Crippen MR) is 29.9 cm³/mol. The molecule has 0 aromatic heterocycles. The molecule has 0 heterocycles. The lowest BCUT2D eigenvalue weighted by atomic mass is 10.3. The Kier molecular flexibility index (Phi) is 2.61. The first-order chi connectivity index (χ1) is 4.00. The molecule has 0 saturated heterocycles. The molecule has 0 aliphatic heterocycles. The maximum absolute atomic E-state index is 10.0. The van der Waals surface area contributed by atoms with Gasteiger partial charge in [0, 0.05) is 13.5 Å². The smallest absolute Gasteiger partial charge is 0.363 e. The first-order valence-electron chi connectivity index (χ1n) is 2.60. The van der Waals surface area contributed by atoms with Crippen molar-refractivity contribution in [1.29, 1.82) is 0 Å². The number of carbonyl (C=O) groups is 1. The lowest BCUT2D eigenvalue weighted by molar-refractivity contribution is -0.214. The predicted octanol–water partition coefficient (Wildman–Crippen LogP) is -0.184. The fourth-order valence-corrected chi connectivity index (χ4v) is 0.343. The van der Waals surface area contributed by atoms with Crippen molar-refractivity contribution >= 4 is 5.97 Å². The van der Waals surface area contributed by atoms with E-state index in [9.17, 15) is 4.79 Å². The summed E-state index contributed by atoms with van der Waals surface area (Å²) in [5.74, 6) is -3.40. The van der Waals surface area contributed by atoms with Crippen molar-refractivity contribution in [3.8, 4) is 0 Å². The molecule has 0 radical (unpaired) electrons. The van der Waals surface area contributed by atoms with Crippen LogP contribution in [0.25, 0.3) is 0 Å². The van der Waals surface area contributed by atoms with Gasteiger partial charge in [-0.1, -0.05) is 0 Å². The molecule has 0 aromatic carbocycles. The highest BCUT2D eigenvalue weighted by Crippen LogP contribution is 2.03. The molecule has 0 aliphatic carbocycles. The molecule has 0 aliphatic rings. The van der Waals surface area contributed by atoms with E-state index in [1.165, 1.54) is 0 Å². The van der Waals surface area contributed by atoms with E-state index in [-0.39, 0.29) is 6.61 Å². The Hall–Kier alpha value is -0.610. The van der Waals surface area contributed by atoms with Gasteiger partial charge >= 0.3 is 5.97 Å². The highest BCUT2D eigenvalue weighted by Gasteiger charge is 2.29. The first-order valence-corrected chi connectivity index (χ1v) is 2.60. The van der Waals surface area contributed by atoms with E-state index in [1.54, 1.807) is 6.92 Å². The molecule has 1 atom stereocenters. The first kappa shape index (κ1) is 8.39. The van der Waals surface area contributed by atoms with E-state index in [2.05, 4.69) is 4.74 Å². The minimum atomic E-state index is -2.03. The van der Waals surface area contributed by atoms with Crippen LogP contribution < -0.4 is 0 Å². The number of hydrogen-bond acceptors (Lipinski definition) is 3. The average Bonchev–Trinajstić information content (AvgIpc) is 1.65. The van der Waals surface area contributed by atoms with E-state index in [1.807, 2.05) is 0 Å². The van der Waals surface area contributed by atoms with E-state index in [0.717, 1.165) is 6.92 Å². The van der Waals surface area contributed by atoms with Crippen molar-refractivity contribution in [2.24, 2.45) is 0 Å². The maximum Gasteiger partial charge on any atom is 0.363 e. The molecule has 0 rings (SSSR count). The molecule has 0 aromatic rings.